The number of nitrogens with zero attached hydrogens (tertiary/aromatic N) is 1. The highest BCUT2D eigenvalue weighted by atomic mass is 79.9. The number of carbonyl (C=O) groups excluding carboxylic acids is 1. The molecule has 0 saturated heterocycles. The van der Waals surface area contributed by atoms with Crippen molar-refractivity contribution in [1.82, 2.24) is 4.98 Å². The van der Waals surface area contributed by atoms with Gasteiger partial charge in [0.15, 0.2) is 5.13 Å². The fourth-order valence-electron chi connectivity index (χ4n) is 2.26. The molecule has 3 nitrogen and oxygen atoms in total. The standard InChI is InChI=1S/C17H21BrN2OS/c1-3-5-6-12(4-2)16(21)20-17-19-15(11-22-17)13-7-9-14(18)10-8-13/h7-12H,3-6H2,1-2H3,(H,19,20,21). The van der Waals surface area contributed by atoms with Gasteiger partial charge in [0.25, 0.3) is 0 Å². The Labute approximate surface area is 144 Å². The average molecular weight is 381 g/mol. The predicted octanol–water partition coefficient (Wildman–Crippen LogP) is 5.73. The molecule has 2 rings (SSSR count). The van der Waals surface area contributed by atoms with Crippen molar-refractivity contribution in [2.45, 2.75) is 39.5 Å². The minimum Gasteiger partial charge on any atom is -0.302 e. The molecule has 118 valence electrons. The van der Waals surface area contributed by atoms with Gasteiger partial charge in [0.05, 0.1) is 5.69 Å². The molecule has 0 spiro atoms. The molecular formula is C17H21BrN2OS. The molecule has 2 aromatic rings. The lowest BCUT2D eigenvalue weighted by molar-refractivity contribution is -0.120. The molecule has 1 N–H and O–H groups in total. The van der Waals surface area contributed by atoms with Gasteiger partial charge in [-0.05, 0) is 25.0 Å². The summed E-state index contributed by atoms with van der Waals surface area (Å²) in [6.45, 7) is 4.21. The van der Waals surface area contributed by atoms with Crippen LogP contribution in [-0.4, -0.2) is 10.9 Å². The number of carbonyl (C=O) groups is 1. The van der Waals surface area contributed by atoms with Crippen LogP contribution in [0, 0.1) is 5.92 Å². The molecule has 1 amide bonds. The maximum absolute atomic E-state index is 12.3. The van der Waals surface area contributed by atoms with E-state index in [1.807, 2.05) is 29.6 Å². The number of rotatable bonds is 7. The zero-order valence-electron chi connectivity index (χ0n) is 12.9. The van der Waals surface area contributed by atoms with Crippen LogP contribution in [0.4, 0.5) is 5.13 Å². The van der Waals surface area contributed by atoms with E-state index in [-0.39, 0.29) is 11.8 Å². The summed E-state index contributed by atoms with van der Waals surface area (Å²) in [6.07, 6.45) is 4.03. The van der Waals surface area contributed by atoms with Crippen LogP contribution >= 0.6 is 27.3 Å². The third-order valence-corrected chi connectivity index (χ3v) is 4.93. The average Bonchev–Trinajstić information content (AvgIpc) is 2.97. The Hall–Kier alpha value is -1.20. The largest absolute Gasteiger partial charge is 0.302 e. The van der Waals surface area contributed by atoms with Gasteiger partial charge < -0.3 is 5.32 Å². The second kappa shape index (κ2) is 8.44. The summed E-state index contributed by atoms with van der Waals surface area (Å²) < 4.78 is 1.04. The SMILES string of the molecule is CCCCC(CC)C(=O)Nc1nc(-c2ccc(Br)cc2)cs1. The van der Waals surface area contributed by atoms with E-state index in [9.17, 15) is 4.79 Å². The van der Waals surface area contributed by atoms with Gasteiger partial charge in [-0.3, -0.25) is 4.79 Å². The summed E-state index contributed by atoms with van der Waals surface area (Å²) >= 11 is 4.90. The van der Waals surface area contributed by atoms with E-state index in [1.54, 1.807) is 0 Å². The van der Waals surface area contributed by atoms with Crippen molar-refractivity contribution < 1.29 is 4.79 Å². The molecule has 1 aromatic carbocycles. The second-order valence-corrected chi connectivity index (χ2v) is 7.06. The van der Waals surface area contributed by atoms with Gasteiger partial charge in [0, 0.05) is 21.3 Å². The number of amides is 1. The van der Waals surface area contributed by atoms with Gasteiger partial charge in [-0.15, -0.1) is 11.3 Å². The van der Waals surface area contributed by atoms with Crippen molar-refractivity contribution in [2.75, 3.05) is 5.32 Å². The van der Waals surface area contributed by atoms with Gasteiger partial charge in [-0.1, -0.05) is 54.8 Å². The van der Waals surface area contributed by atoms with E-state index in [4.69, 9.17) is 0 Å². The first kappa shape index (κ1) is 17.2. The fourth-order valence-corrected chi connectivity index (χ4v) is 3.25. The second-order valence-electron chi connectivity index (χ2n) is 5.28. The van der Waals surface area contributed by atoms with Crippen LogP contribution in [0.25, 0.3) is 11.3 Å². The van der Waals surface area contributed by atoms with Gasteiger partial charge >= 0.3 is 0 Å². The first-order valence-corrected chi connectivity index (χ1v) is 9.33. The van der Waals surface area contributed by atoms with Crippen LogP contribution in [0.15, 0.2) is 34.1 Å². The molecule has 0 aliphatic heterocycles. The number of nitrogens with one attached hydrogen (secondary N) is 1. The maximum atomic E-state index is 12.3. The molecule has 0 radical (unpaired) electrons. The topological polar surface area (TPSA) is 42.0 Å². The number of thiazole rings is 1. The van der Waals surface area contributed by atoms with E-state index in [1.165, 1.54) is 11.3 Å². The monoisotopic (exact) mass is 380 g/mol. The lowest BCUT2D eigenvalue weighted by atomic mass is 9.99. The molecule has 1 atom stereocenters. The molecule has 1 unspecified atom stereocenters. The zero-order chi connectivity index (χ0) is 15.9. The molecule has 5 heteroatoms. The first-order chi connectivity index (χ1) is 10.6. The highest BCUT2D eigenvalue weighted by Gasteiger charge is 2.17. The fraction of sp³-hybridized carbons (Fsp3) is 0.412. The normalized spacial score (nSPS) is 12.1. The van der Waals surface area contributed by atoms with Gasteiger partial charge in [0.1, 0.15) is 0 Å². The van der Waals surface area contributed by atoms with E-state index < -0.39 is 0 Å². The van der Waals surface area contributed by atoms with Crippen molar-refractivity contribution in [1.29, 1.82) is 0 Å². The summed E-state index contributed by atoms with van der Waals surface area (Å²) in [5, 5.41) is 5.62. The van der Waals surface area contributed by atoms with Crippen molar-refractivity contribution in [3.63, 3.8) is 0 Å². The van der Waals surface area contributed by atoms with Gasteiger partial charge in [-0.2, -0.15) is 0 Å². The lowest BCUT2D eigenvalue weighted by Gasteiger charge is -2.12. The summed E-state index contributed by atoms with van der Waals surface area (Å²) in [5.41, 5.74) is 1.95. The molecule has 0 bridgehead atoms. The summed E-state index contributed by atoms with van der Waals surface area (Å²) in [7, 11) is 0. The number of hydrogen-bond donors (Lipinski definition) is 1. The summed E-state index contributed by atoms with van der Waals surface area (Å²) in [6, 6.07) is 8.01. The van der Waals surface area contributed by atoms with Crippen molar-refractivity contribution >= 4 is 38.3 Å². The van der Waals surface area contributed by atoms with Crippen LogP contribution < -0.4 is 5.32 Å². The highest BCUT2D eigenvalue weighted by Crippen LogP contribution is 2.26. The first-order valence-electron chi connectivity index (χ1n) is 7.66. The Bertz CT molecular complexity index is 609. The Morgan fingerprint density at radius 3 is 2.68 bits per heavy atom. The summed E-state index contributed by atoms with van der Waals surface area (Å²) in [4.78, 5) is 16.8. The number of hydrogen-bond acceptors (Lipinski definition) is 3. The number of halogens is 1. The zero-order valence-corrected chi connectivity index (χ0v) is 15.3. The lowest BCUT2D eigenvalue weighted by Crippen LogP contribution is -2.22. The molecule has 1 heterocycles. The van der Waals surface area contributed by atoms with Crippen LogP contribution in [0.5, 0.6) is 0 Å². The molecule has 0 aliphatic carbocycles. The van der Waals surface area contributed by atoms with E-state index in [0.29, 0.717) is 5.13 Å². The molecule has 0 fully saturated rings. The maximum Gasteiger partial charge on any atom is 0.229 e. The van der Waals surface area contributed by atoms with Gasteiger partial charge in [0.2, 0.25) is 5.91 Å². The third-order valence-electron chi connectivity index (χ3n) is 3.64. The molecule has 1 aromatic heterocycles. The van der Waals surface area contributed by atoms with E-state index >= 15 is 0 Å². The third kappa shape index (κ3) is 4.65. The number of benzene rings is 1. The highest BCUT2D eigenvalue weighted by molar-refractivity contribution is 9.10. The molecular weight excluding hydrogens is 360 g/mol. The van der Waals surface area contributed by atoms with E-state index in [2.05, 4.69) is 40.1 Å². The number of aromatic nitrogens is 1. The van der Waals surface area contributed by atoms with E-state index in [0.717, 1.165) is 41.4 Å². The Balaban J connectivity index is 2.02. The Morgan fingerprint density at radius 2 is 2.05 bits per heavy atom. The van der Waals surface area contributed by atoms with Crippen molar-refractivity contribution in [2.24, 2.45) is 5.92 Å². The molecule has 22 heavy (non-hydrogen) atoms. The Kier molecular flexibility index (Phi) is 6.58. The molecule has 0 aliphatic rings. The predicted molar refractivity (Wildman–Crippen MR) is 97.2 cm³/mol. The minimum absolute atomic E-state index is 0.0833. The Morgan fingerprint density at radius 1 is 1.32 bits per heavy atom. The number of anilines is 1. The van der Waals surface area contributed by atoms with Crippen LogP contribution in [-0.2, 0) is 4.79 Å². The van der Waals surface area contributed by atoms with Crippen LogP contribution in [0.3, 0.4) is 0 Å². The minimum atomic E-state index is 0.0833. The van der Waals surface area contributed by atoms with Gasteiger partial charge in [-0.25, -0.2) is 4.98 Å². The smallest absolute Gasteiger partial charge is 0.229 e. The summed E-state index contributed by atoms with van der Waals surface area (Å²) in [5.74, 6) is 0.174. The van der Waals surface area contributed by atoms with Crippen molar-refractivity contribution in [3.05, 3.63) is 34.1 Å². The van der Waals surface area contributed by atoms with Crippen molar-refractivity contribution in [3.8, 4) is 11.3 Å². The quantitative estimate of drug-likeness (QED) is 0.666. The number of unbranched alkanes of at least 4 members (excludes halogenated alkanes) is 1. The molecule has 0 saturated carbocycles. The van der Waals surface area contributed by atoms with Crippen LogP contribution in [0.2, 0.25) is 0 Å². The van der Waals surface area contributed by atoms with Crippen LogP contribution in [0.1, 0.15) is 39.5 Å².